The van der Waals surface area contributed by atoms with Gasteiger partial charge in [-0.25, -0.2) is 0 Å². The minimum atomic E-state index is 0.435. The number of nitrogens with two attached hydrogens (primary N) is 1. The van der Waals surface area contributed by atoms with Crippen molar-refractivity contribution in [2.24, 2.45) is 17.6 Å². The Morgan fingerprint density at radius 3 is 2.29 bits per heavy atom. The first-order valence-electron chi connectivity index (χ1n) is 6.00. The summed E-state index contributed by atoms with van der Waals surface area (Å²) in [4.78, 5) is 2.23. The lowest BCUT2D eigenvalue weighted by atomic mass is 9.79. The summed E-state index contributed by atoms with van der Waals surface area (Å²) in [6.07, 6.45) is 6.65. The molecule has 1 unspecified atom stereocenters. The van der Waals surface area contributed by atoms with Crippen LogP contribution in [0.3, 0.4) is 0 Å². The summed E-state index contributed by atoms with van der Waals surface area (Å²) in [6.45, 7) is 3.49. The average molecular weight is 198 g/mol. The molecule has 1 atom stereocenters. The van der Waals surface area contributed by atoms with E-state index in [-0.39, 0.29) is 0 Å². The van der Waals surface area contributed by atoms with Crippen LogP contribution in [-0.4, -0.2) is 31.6 Å². The molecule has 14 heavy (non-hydrogen) atoms. The number of hydrogen-bond donors (Lipinski definition) is 1. The SMILES string of the molecule is CC1CCC(C(N)CCN(C)C)CC1. The van der Waals surface area contributed by atoms with Crippen LogP contribution in [0.15, 0.2) is 0 Å². The lowest BCUT2D eigenvalue weighted by Crippen LogP contribution is -2.35. The summed E-state index contributed by atoms with van der Waals surface area (Å²) < 4.78 is 0. The van der Waals surface area contributed by atoms with Crippen LogP contribution in [0.25, 0.3) is 0 Å². The van der Waals surface area contributed by atoms with E-state index in [1.807, 2.05) is 0 Å². The van der Waals surface area contributed by atoms with E-state index in [4.69, 9.17) is 5.73 Å². The van der Waals surface area contributed by atoms with Gasteiger partial charge in [-0.3, -0.25) is 0 Å². The molecule has 1 rings (SSSR count). The van der Waals surface area contributed by atoms with Crippen molar-refractivity contribution in [2.45, 2.75) is 45.1 Å². The van der Waals surface area contributed by atoms with Crippen molar-refractivity contribution in [3.63, 3.8) is 0 Å². The lowest BCUT2D eigenvalue weighted by Gasteiger charge is -2.31. The van der Waals surface area contributed by atoms with E-state index < -0.39 is 0 Å². The third-order valence-corrected chi connectivity index (χ3v) is 3.58. The molecule has 0 bridgehead atoms. The number of rotatable bonds is 4. The molecule has 1 aliphatic rings. The maximum Gasteiger partial charge on any atom is 0.00793 e. The summed E-state index contributed by atoms with van der Waals surface area (Å²) >= 11 is 0. The minimum absolute atomic E-state index is 0.435. The van der Waals surface area contributed by atoms with Crippen LogP contribution in [0.4, 0.5) is 0 Å². The molecule has 0 aromatic rings. The normalized spacial score (nSPS) is 30.6. The van der Waals surface area contributed by atoms with Crippen molar-refractivity contribution < 1.29 is 0 Å². The van der Waals surface area contributed by atoms with Crippen molar-refractivity contribution >= 4 is 0 Å². The first-order valence-corrected chi connectivity index (χ1v) is 6.00. The third kappa shape index (κ3) is 3.97. The molecule has 0 saturated heterocycles. The van der Waals surface area contributed by atoms with Crippen LogP contribution in [0.5, 0.6) is 0 Å². The molecule has 0 aromatic heterocycles. The molecule has 0 radical (unpaired) electrons. The van der Waals surface area contributed by atoms with E-state index in [0.29, 0.717) is 6.04 Å². The molecule has 2 nitrogen and oxygen atoms in total. The Bertz CT molecular complexity index is 148. The second-order valence-corrected chi connectivity index (χ2v) is 5.28. The van der Waals surface area contributed by atoms with Gasteiger partial charge >= 0.3 is 0 Å². The van der Waals surface area contributed by atoms with E-state index in [2.05, 4.69) is 25.9 Å². The third-order valence-electron chi connectivity index (χ3n) is 3.58. The molecule has 84 valence electrons. The largest absolute Gasteiger partial charge is 0.327 e. The highest BCUT2D eigenvalue weighted by Gasteiger charge is 2.23. The standard InChI is InChI=1S/C12H26N2/c1-10-4-6-11(7-5-10)12(13)8-9-14(2)3/h10-12H,4-9,13H2,1-3H3. The molecule has 0 amide bonds. The summed E-state index contributed by atoms with van der Waals surface area (Å²) in [5.74, 6) is 1.73. The number of hydrogen-bond acceptors (Lipinski definition) is 2. The van der Waals surface area contributed by atoms with Crippen molar-refractivity contribution in [3.8, 4) is 0 Å². The Morgan fingerprint density at radius 1 is 1.21 bits per heavy atom. The summed E-state index contributed by atoms with van der Waals surface area (Å²) in [7, 11) is 4.24. The van der Waals surface area contributed by atoms with Gasteiger partial charge in [-0.05, 0) is 51.7 Å². The molecular weight excluding hydrogens is 172 g/mol. The molecule has 2 heteroatoms. The zero-order chi connectivity index (χ0) is 10.6. The summed E-state index contributed by atoms with van der Waals surface area (Å²) in [6, 6.07) is 0.435. The predicted molar refractivity (Wildman–Crippen MR) is 62.3 cm³/mol. The molecular formula is C12H26N2. The molecule has 0 spiro atoms. The zero-order valence-electron chi connectivity index (χ0n) is 10.00. The van der Waals surface area contributed by atoms with E-state index >= 15 is 0 Å². The first-order chi connectivity index (χ1) is 6.59. The molecule has 0 aromatic carbocycles. The second kappa shape index (κ2) is 5.72. The van der Waals surface area contributed by atoms with Crippen LogP contribution in [0.2, 0.25) is 0 Å². The molecule has 1 fully saturated rings. The molecule has 2 N–H and O–H groups in total. The van der Waals surface area contributed by atoms with E-state index in [9.17, 15) is 0 Å². The Kier molecular flexibility index (Phi) is 4.90. The van der Waals surface area contributed by atoms with Gasteiger partial charge in [-0.15, -0.1) is 0 Å². The Morgan fingerprint density at radius 2 is 1.79 bits per heavy atom. The van der Waals surface area contributed by atoms with Crippen molar-refractivity contribution in [1.29, 1.82) is 0 Å². The van der Waals surface area contributed by atoms with Gasteiger partial charge in [0.05, 0.1) is 0 Å². The molecule has 0 aliphatic heterocycles. The highest BCUT2D eigenvalue weighted by Crippen LogP contribution is 2.30. The van der Waals surface area contributed by atoms with Gasteiger partial charge in [0.25, 0.3) is 0 Å². The minimum Gasteiger partial charge on any atom is -0.327 e. The predicted octanol–water partition coefficient (Wildman–Crippen LogP) is 2.09. The topological polar surface area (TPSA) is 29.3 Å². The average Bonchev–Trinajstić information content (AvgIpc) is 2.15. The van der Waals surface area contributed by atoms with Crippen LogP contribution in [0.1, 0.15) is 39.0 Å². The highest BCUT2D eigenvalue weighted by atomic mass is 15.0. The fraction of sp³-hybridized carbons (Fsp3) is 1.00. The van der Waals surface area contributed by atoms with Gasteiger partial charge in [0, 0.05) is 6.04 Å². The van der Waals surface area contributed by atoms with Gasteiger partial charge in [0.15, 0.2) is 0 Å². The fourth-order valence-corrected chi connectivity index (χ4v) is 2.36. The Balaban J connectivity index is 2.20. The van der Waals surface area contributed by atoms with E-state index in [1.54, 1.807) is 0 Å². The number of nitrogens with zero attached hydrogens (tertiary/aromatic N) is 1. The maximum absolute atomic E-state index is 6.22. The Labute approximate surface area is 88.8 Å². The smallest absolute Gasteiger partial charge is 0.00793 e. The maximum atomic E-state index is 6.22. The van der Waals surface area contributed by atoms with Gasteiger partial charge in [0.2, 0.25) is 0 Å². The quantitative estimate of drug-likeness (QED) is 0.749. The van der Waals surface area contributed by atoms with Crippen molar-refractivity contribution in [3.05, 3.63) is 0 Å². The lowest BCUT2D eigenvalue weighted by molar-refractivity contribution is 0.236. The molecule has 1 saturated carbocycles. The Hall–Kier alpha value is -0.0800. The van der Waals surface area contributed by atoms with Gasteiger partial charge in [-0.1, -0.05) is 19.8 Å². The van der Waals surface area contributed by atoms with Gasteiger partial charge < -0.3 is 10.6 Å². The summed E-state index contributed by atoms with van der Waals surface area (Å²) in [5, 5.41) is 0. The van der Waals surface area contributed by atoms with Gasteiger partial charge in [0.1, 0.15) is 0 Å². The zero-order valence-corrected chi connectivity index (χ0v) is 10.00. The van der Waals surface area contributed by atoms with Crippen LogP contribution in [-0.2, 0) is 0 Å². The van der Waals surface area contributed by atoms with Crippen LogP contribution in [0, 0.1) is 11.8 Å². The first kappa shape index (κ1) is 12.0. The van der Waals surface area contributed by atoms with E-state index in [1.165, 1.54) is 25.7 Å². The second-order valence-electron chi connectivity index (χ2n) is 5.28. The van der Waals surface area contributed by atoms with Crippen LogP contribution >= 0.6 is 0 Å². The molecule has 1 aliphatic carbocycles. The van der Waals surface area contributed by atoms with Gasteiger partial charge in [-0.2, -0.15) is 0 Å². The van der Waals surface area contributed by atoms with Crippen molar-refractivity contribution in [2.75, 3.05) is 20.6 Å². The highest BCUT2D eigenvalue weighted by molar-refractivity contribution is 4.78. The fourth-order valence-electron chi connectivity index (χ4n) is 2.36. The van der Waals surface area contributed by atoms with Crippen molar-refractivity contribution in [1.82, 2.24) is 4.90 Å². The monoisotopic (exact) mass is 198 g/mol. The molecule has 0 heterocycles. The van der Waals surface area contributed by atoms with E-state index in [0.717, 1.165) is 24.8 Å². The van der Waals surface area contributed by atoms with Crippen LogP contribution < -0.4 is 5.73 Å². The summed E-state index contributed by atoms with van der Waals surface area (Å²) in [5.41, 5.74) is 6.22.